The molecule has 3 atom stereocenters. The Morgan fingerprint density at radius 2 is 1.88 bits per heavy atom. The van der Waals surface area contributed by atoms with Gasteiger partial charge in [-0.3, -0.25) is 14.4 Å². The smallest absolute Gasteiger partial charge is 0.329 e. The van der Waals surface area contributed by atoms with Crippen molar-refractivity contribution >= 4 is 46.3 Å². The van der Waals surface area contributed by atoms with Gasteiger partial charge in [-0.1, -0.05) is 49.0 Å². The maximum absolute atomic E-state index is 13.0. The number of Topliss-reactive ketones (excluding diaryl/α,β-unsaturated/α-hetero) is 1. The van der Waals surface area contributed by atoms with Gasteiger partial charge in [-0.15, -0.1) is 11.8 Å². The maximum Gasteiger partial charge on any atom is 0.329 e. The van der Waals surface area contributed by atoms with E-state index in [1.165, 1.54) is 30.7 Å². The van der Waals surface area contributed by atoms with Gasteiger partial charge in [-0.05, 0) is 0 Å². The molecular formula is C18H21NO5S2. The van der Waals surface area contributed by atoms with E-state index in [0.29, 0.717) is 17.2 Å². The fraction of sp³-hybridized carbons (Fsp3) is 0.444. The van der Waals surface area contributed by atoms with Crippen molar-refractivity contribution in [1.82, 2.24) is 4.90 Å². The quantitative estimate of drug-likeness (QED) is 0.540. The molecule has 1 aliphatic heterocycles. The molecule has 1 aliphatic rings. The number of hydrogen-bond donors (Lipinski definition) is 0. The largest absolute Gasteiger partial charge is 0.467 e. The zero-order chi connectivity index (χ0) is 19.3. The predicted octanol–water partition coefficient (Wildman–Crippen LogP) is 2.23. The Kier molecular flexibility index (Phi) is 7.28. The van der Waals surface area contributed by atoms with E-state index in [4.69, 9.17) is 4.74 Å². The highest BCUT2D eigenvalue weighted by atomic mass is 32.2. The van der Waals surface area contributed by atoms with E-state index in [2.05, 4.69) is 0 Å². The van der Waals surface area contributed by atoms with E-state index in [9.17, 15) is 19.2 Å². The summed E-state index contributed by atoms with van der Waals surface area (Å²) in [5.41, 5.74) is 0.450. The zero-order valence-corrected chi connectivity index (χ0v) is 16.5. The molecule has 1 fully saturated rings. The van der Waals surface area contributed by atoms with E-state index in [0.717, 1.165) is 11.8 Å². The second kappa shape index (κ2) is 9.23. The summed E-state index contributed by atoms with van der Waals surface area (Å²) in [6.45, 7) is 3.00. The third-order valence-corrected chi connectivity index (χ3v) is 6.31. The summed E-state index contributed by atoms with van der Waals surface area (Å²) in [6, 6.07) is 7.93. The molecule has 0 bridgehead atoms. The van der Waals surface area contributed by atoms with Gasteiger partial charge in [-0.25, -0.2) is 4.79 Å². The van der Waals surface area contributed by atoms with Crippen molar-refractivity contribution in [2.75, 3.05) is 18.7 Å². The van der Waals surface area contributed by atoms with Gasteiger partial charge in [0.25, 0.3) is 0 Å². The first-order chi connectivity index (χ1) is 12.4. The maximum atomic E-state index is 13.0. The summed E-state index contributed by atoms with van der Waals surface area (Å²) in [7, 11) is 1.28. The Bertz CT molecular complexity index is 694. The number of thioether (sulfide) groups is 2. The average Bonchev–Trinajstić information content (AvgIpc) is 3.14. The minimum absolute atomic E-state index is 0.237. The van der Waals surface area contributed by atoms with Crippen LogP contribution in [0, 0.1) is 5.92 Å². The number of esters is 1. The average molecular weight is 396 g/mol. The minimum atomic E-state index is -0.841. The number of methoxy groups -OCH3 is 1. The molecule has 2 rings (SSSR count). The molecule has 140 valence electrons. The Balaban J connectivity index is 2.24. The summed E-state index contributed by atoms with van der Waals surface area (Å²) >= 11 is 2.31. The summed E-state index contributed by atoms with van der Waals surface area (Å²) in [4.78, 5) is 50.8. The van der Waals surface area contributed by atoms with Crippen molar-refractivity contribution < 1.29 is 23.9 Å². The van der Waals surface area contributed by atoms with Crippen molar-refractivity contribution in [2.24, 2.45) is 5.92 Å². The highest BCUT2D eigenvalue weighted by Gasteiger charge is 2.41. The van der Waals surface area contributed by atoms with Crippen molar-refractivity contribution in [3.63, 3.8) is 0 Å². The van der Waals surface area contributed by atoms with Gasteiger partial charge in [0.05, 0.1) is 24.2 Å². The van der Waals surface area contributed by atoms with Crippen LogP contribution in [0.4, 0.5) is 0 Å². The first-order valence-corrected chi connectivity index (χ1v) is 10.1. The second-order valence-electron chi connectivity index (χ2n) is 5.90. The number of ketones is 1. The van der Waals surface area contributed by atoms with Gasteiger partial charge in [0.15, 0.2) is 10.9 Å². The third-order valence-electron chi connectivity index (χ3n) is 4.09. The molecule has 0 aliphatic carbocycles. The van der Waals surface area contributed by atoms with Crippen LogP contribution in [0.1, 0.15) is 24.2 Å². The molecule has 26 heavy (non-hydrogen) atoms. The van der Waals surface area contributed by atoms with E-state index in [-0.39, 0.29) is 16.8 Å². The molecule has 1 saturated heterocycles. The number of nitrogens with zero attached hydrogens (tertiary/aromatic N) is 1. The number of hydrogen-bond acceptors (Lipinski definition) is 7. The fourth-order valence-electron chi connectivity index (χ4n) is 2.71. The summed E-state index contributed by atoms with van der Waals surface area (Å²) in [5, 5.41) is -1.08. The molecule has 0 aromatic heterocycles. The van der Waals surface area contributed by atoms with Crippen LogP contribution in [-0.2, 0) is 19.1 Å². The number of carbonyl (C=O) groups is 4. The van der Waals surface area contributed by atoms with Crippen molar-refractivity contribution in [1.29, 1.82) is 0 Å². The van der Waals surface area contributed by atoms with Gasteiger partial charge in [0.2, 0.25) is 5.91 Å². The molecule has 0 N–H and O–H groups in total. The van der Waals surface area contributed by atoms with Gasteiger partial charge < -0.3 is 9.64 Å². The fourth-order valence-corrected chi connectivity index (χ4v) is 4.78. The van der Waals surface area contributed by atoms with Crippen LogP contribution in [-0.4, -0.2) is 57.7 Å². The molecule has 0 spiro atoms. The molecule has 0 saturated carbocycles. The lowest BCUT2D eigenvalue weighted by atomic mass is 9.97. The molecule has 1 amide bonds. The molecule has 1 aromatic carbocycles. The molecule has 1 heterocycles. The molecule has 6 nitrogen and oxygen atoms in total. The lowest BCUT2D eigenvalue weighted by Gasteiger charge is -2.28. The molecular weight excluding hydrogens is 374 g/mol. The van der Waals surface area contributed by atoms with E-state index in [1.54, 1.807) is 37.3 Å². The van der Waals surface area contributed by atoms with Crippen LogP contribution in [0.25, 0.3) is 0 Å². The van der Waals surface area contributed by atoms with Crippen LogP contribution in [0.3, 0.4) is 0 Å². The summed E-state index contributed by atoms with van der Waals surface area (Å²) in [6.07, 6.45) is 0. The normalized spacial score (nSPS) is 18.9. The molecule has 0 radical (unpaired) electrons. The van der Waals surface area contributed by atoms with Crippen LogP contribution >= 0.6 is 23.5 Å². The summed E-state index contributed by atoms with van der Waals surface area (Å²) in [5.74, 6) is -0.993. The molecule has 1 aromatic rings. The monoisotopic (exact) mass is 395 g/mol. The van der Waals surface area contributed by atoms with Crippen molar-refractivity contribution in [3.05, 3.63) is 35.9 Å². The predicted molar refractivity (Wildman–Crippen MR) is 102 cm³/mol. The minimum Gasteiger partial charge on any atom is -0.467 e. The number of carbonyl (C=O) groups excluding carboxylic acids is 4. The molecule has 1 unspecified atom stereocenters. The SMILES string of the molecule is COC(=O)[C@@H]1CSCN1C(=O)[C@@H](C)C(SC(C)=O)C(=O)c1ccccc1. The number of benzene rings is 1. The third kappa shape index (κ3) is 4.67. The van der Waals surface area contributed by atoms with Crippen LogP contribution in [0.2, 0.25) is 0 Å². The first-order valence-electron chi connectivity index (χ1n) is 8.09. The topological polar surface area (TPSA) is 80.8 Å². The summed E-state index contributed by atoms with van der Waals surface area (Å²) < 4.78 is 4.76. The lowest BCUT2D eigenvalue weighted by Crippen LogP contribution is -2.47. The standard InChI is InChI=1S/C18H21NO5S2/c1-11(17(22)19-10-25-9-14(19)18(23)24-3)16(26-12(2)20)15(21)13-7-5-4-6-8-13/h4-8,11,14,16H,9-10H2,1-3H3/t11-,14-,16?/m0/s1. The number of rotatable bonds is 6. The van der Waals surface area contributed by atoms with Gasteiger partial charge >= 0.3 is 5.97 Å². The number of ether oxygens (including phenoxy) is 1. The highest BCUT2D eigenvalue weighted by Crippen LogP contribution is 2.30. The zero-order valence-electron chi connectivity index (χ0n) is 14.8. The lowest BCUT2D eigenvalue weighted by molar-refractivity contribution is -0.151. The first kappa shape index (κ1) is 20.5. The number of amides is 1. The van der Waals surface area contributed by atoms with E-state index >= 15 is 0 Å². The van der Waals surface area contributed by atoms with Crippen LogP contribution in [0.5, 0.6) is 0 Å². The van der Waals surface area contributed by atoms with E-state index < -0.39 is 23.2 Å². The van der Waals surface area contributed by atoms with Crippen LogP contribution < -0.4 is 0 Å². The highest BCUT2D eigenvalue weighted by molar-refractivity contribution is 8.14. The van der Waals surface area contributed by atoms with Crippen molar-refractivity contribution in [3.8, 4) is 0 Å². The van der Waals surface area contributed by atoms with Gasteiger partial charge in [0, 0.05) is 18.2 Å². The van der Waals surface area contributed by atoms with Crippen LogP contribution in [0.15, 0.2) is 30.3 Å². The van der Waals surface area contributed by atoms with E-state index in [1.807, 2.05) is 0 Å². The second-order valence-corrected chi connectivity index (χ2v) is 8.21. The Hall–Kier alpha value is -1.80. The van der Waals surface area contributed by atoms with Crippen molar-refractivity contribution in [2.45, 2.75) is 25.1 Å². The molecule has 8 heteroatoms. The Morgan fingerprint density at radius 3 is 2.46 bits per heavy atom. The van der Waals surface area contributed by atoms with Gasteiger partial charge in [0.1, 0.15) is 6.04 Å². The Morgan fingerprint density at radius 1 is 1.23 bits per heavy atom. The Labute approximate surface area is 161 Å². The van der Waals surface area contributed by atoms with Gasteiger partial charge in [-0.2, -0.15) is 0 Å².